The van der Waals surface area contributed by atoms with Crippen molar-refractivity contribution in [2.75, 3.05) is 11.9 Å². The average Bonchev–Trinajstić information content (AvgIpc) is 3.06. The van der Waals surface area contributed by atoms with E-state index in [-0.39, 0.29) is 0 Å². The zero-order valence-corrected chi connectivity index (χ0v) is 10.8. The molecule has 2 fully saturated rings. The Bertz CT molecular complexity index is 392. The van der Waals surface area contributed by atoms with Gasteiger partial charge in [0.1, 0.15) is 0 Å². The second kappa shape index (κ2) is 5.26. The van der Waals surface area contributed by atoms with Gasteiger partial charge in [-0.3, -0.25) is 0 Å². The molecule has 0 spiro atoms. The number of nitrogens with one attached hydrogen (secondary N) is 1. The van der Waals surface area contributed by atoms with Crippen LogP contribution in [0.4, 0.5) is 6.01 Å². The van der Waals surface area contributed by atoms with Crippen LogP contribution < -0.4 is 11.1 Å². The highest BCUT2D eigenvalue weighted by Gasteiger charge is 2.40. The Labute approximate surface area is 108 Å². The van der Waals surface area contributed by atoms with Crippen molar-refractivity contribution in [3.05, 3.63) is 5.89 Å². The third-order valence-electron chi connectivity index (χ3n) is 4.36. The van der Waals surface area contributed by atoms with Crippen molar-refractivity contribution >= 4 is 6.01 Å². The molecule has 1 heterocycles. The largest absolute Gasteiger partial charge is 0.408 e. The fourth-order valence-corrected chi connectivity index (χ4v) is 3.41. The fraction of sp³-hybridized carbons (Fsp3) is 0.846. The lowest BCUT2D eigenvalue weighted by molar-refractivity contribution is 0.421. The Balaban J connectivity index is 1.51. The van der Waals surface area contributed by atoms with Crippen LogP contribution in [0.25, 0.3) is 0 Å². The molecule has 5 heteroatoms. The minimum atomic E-state index is 0.557. The van der Waals surface area contributed by atoms with Crippen LogP contribution in [0.15, 0.2) is 4.42 Å². The first-order chi connectivity index (χ1) is 8.85. The molecule has 18 heavy (non-hydrogen) atoms. The summed E-state index contributed by atoms with van der Waals surface area (Å²) in [5.41, 5.74) is 5.46. The molecule has 2 bridgehead atoms. The van der Waals surface area contributed by atoms with E-state index in [0.29, 0.717) is 12.1 Å². The summed E-state index contributed by atoms with van der Waals surface area (Å²) in [6.07, 6.45) is 8.30. The molecular weight excluding hydrogens is 228 g/mol. The fourth-order valence-electron chi connectivity index (χ4n) is 3.41. The normalized spacial score (nSPS) is 29.9. The van der Waals surface area contributed by atoms with Crippen molar-refractivity contribution in [3.8, 4) is 0 Å². The van der Waals surface area contributed by atoms with Gasteiger partial charge in [-0.05, 0) is 50.5 Å². The lowest BCUT2D eigenvalue weighted by Crippen LogP contribution is -2.25. The van der Waals surface area contributed by atoms with Crippen LogP contribution in [0.5, 0.6) is 0 Å². The predicted molar refractivity (Wildman–Crippen MR) is 69.1 cm³/mol. The maximum atomic E-state index is 5.63. The van der Waals surface area contributed by atoms with Crippen LogP contribution >= 0.6 is 0 Å². The monoisotopic (exact) mass is 250 g/mol. The quantitative estimate of drug-likeness (QED) is 0.755. The van der Waals surface area contributed by atoms with E-state index >= 15 is 0 Å². The second-order valence-corrected chi connectivity index (χ2v) is 5.67. The minimum Gasteiger partial charge on any atom is -0.408 e. The van der Waals surface area contributed by atoms with Gasteiger partial charge < -0.3 is 15.5 Å². The third kappa shape index (κ3) is 2.51. The Hall–Kier alpha value is -1.10. The molecule has 2 saturated carbocycles. The molecule has 1 aromatic heterocycles. The van der Waals surface area contributed by atoms with Crippen LogP contribution in [-0.2, 0) is 6.42 Å². The summed E-state index contributed by atoms with van der Waals surface area (Å²) in [5, 5.41) is 11.6. The first-order valence-corrected chi connectivity index (χ1v) is 7.14. The molecule has 2 aliphatic carbocycles. The van der Waals surface area contributed by atoms with E-state index in [0.717, 1.165) is 43.5 Å². The van der Waals surface area contributed by atoms with E-state index in [1.54, 1.807) is 0 Å². The lowest BCUT2D eigenvalue weighted by Gasteiger charge is -2.21. The first-order valence-electron chi connectivity index (χ1n) is 7.14. The predicted octanol–water partition coefficient (Wildman–Crippen LogP) is 1.95. The molecule has 0 amide bonds. The number of nitrogens with two attached hydrogens (primary N) is 1. The Morgan fingerprint density at radius 3 is 2.89 bits per heavy atom. The van der Waals surface area contributed by atoms with Crippen LogP contribution in [-0.4, -0.2) is 22.8 Å². The number of nitrogens with zero attached hydrogens (tertiary/aromatic N) is 2. The number of hydrogen-bond donors (Lipinski definition) is 2. The molecule has 1 aromatic rings. The van der Waals surface area contributed by atoms with Crippen molar-refractivity contribution < 1.29 is 4.42 Å². The summed E-state index contributed by atoms with van der Waals surface area (Å²) < 4.78 is 5.63. The minimum absolute atomic E-state index is 0.557. The first kappa shape index (κ1) is 12.0. The van der Waals surface area contributed by atoms with E-state index in [9.17, 15) is 0 Å². The van der Waals surface area contributed by atoms with Gasteiger partial charge in [0.25, 0.3) is 0 Å². The van der Waals surface area contributed by atoms with Crippen LogP contribution in [0, 0.1) is 11.8 Å². The van der Waals surface area contributed by atoms with Crippen molar-refractivity contribution in [1.29, 1.82) is 0 Å². The maximum Gasteiger partial charge on any atom is 0.315 e. The standard InChI is InChI=1S/C13H22N4O/c14-6-2-1-3-12-16-17-13(18-12)15-11-8-9-4-5-10(11)7-9/h9-11H,1-8,14H2,(H,15,17)/t9-,10+,11-/m1/s1. The molecule has 3 N–H and O–H groups in total. The molecule has 0 aromatic carbocycles. The van der Waals surface area contributed by atoms with Crippen LogP contribution in [0.1, 0.15) is 44.4 Å². The van der Waals surface area contributed by atoms with E-state index in [4.69, 9.17) is 10.2 Å². The van der Waals surface area contributed by atoms with Crippen molar-refractivity contribution in [3.63, 3.8) is 0 Å². The van der Waals surface area contributed by atoms with Crippen molar-refractivity contribution in [2.45, 2.75) is 51.0 Å². The number of anilines is 1. The highest BCUT2D eigenvalue weighted by Crippen LogP contribution is 2.45. The summed E-state index contributed by atoms with van der Waals surface area (Å²) in [6, 6.07) is 1.16. The van der Waals surface area contributed by atoms with E-state index in [1.165, 1.54) is 25.7 Å². The SMILES string of the molecule is NCCCCc1nnc(N[C@@H]2C[C@@H]3CC[C@H]2C3)o1. The Morgan fingerprint density at radius 1 is 1.22 bits per heavy atom. The summed E-state index contributed by atoms with van der Waals surface area (Å²) in [6.45, 7) is 0.727. The number of aromatic nitrogens is 2. The average molecular weight is 250 g/mol. The molecule has 100 valence electrons. The third-order valence-corrected chi connectivity index (χ3v) is 4.36. The van der Waals surface area contributed by atoms with Gasteiger partial charge >= 0.3 is 6.01 Å². The van der Waals surface area contributed by atoms with Crippen LogP contribution in [0.3, 0.4) is 0 Å². The lowest BCUT2D eigenvalue weighted by atomic mass is 9.96. The van der Waals surface area contributed by atoms with Gasteiger partial charge in [-0.15, -0.1) is 5.10 Å². The summed E-state index contributed by atoms with van der Waals surface area (Å²) in [5.74, 6) is 2.48. The summed E-state index contributed by atoms with van der Waals surface area (Å²) >= 11 is 0. The zero-order valence-electron chi connectivity index (χ0n) is 10.8. The molecule has 0 saturated heterocycles. The Kier molecular flexibility index (Phi) is 3.50. The van der Waals surface area contributed by atoms with Crippen molar-refractivity contribution in [1.82, 2.24) is 10.2 Å². The maximum absolute atomic E-state index is 5.63. The van der Waals surface area contributed by atoms with E-state index in [1.807, 2.05) is 0 Å². The molecule has 5 nitrogen and oxygen atoms in total. The van der Waals surface area contributed by atoms with Crippen LogP contribution in [0.2, 0.25) is 0 Å². The highest BCUT2D eigenvalue weighted by atomic mass is 16.4. The van der Waals surface area contributed by atoms with Gasteiger partial charge in [0.2, 0.25) is 5.89 Å². The molecular formula is C13H22N4O. The summed E-state index contributed by atoms with van der Waals surface area (Å²) in [7, 11) is 0. The number of hydrogen-bond acceptors (Lipinski definition) is 5. The highest BCUT2D eigenvalue weighted by molar-refractivity contribution is 5.22. The molecule has 0 unspecified atom stereocenters. The topological polar surface area (TPSA) is 77.0 Å². The number of fused-ring (bicyclic) bond motifs is 2. The molecule has 0 aliphatic heterocycles. The van der Waals surface area contributed by atoms with Gasteiger partial charge in [-0.2, -0.15) is 0 Å². The number of rotatable bonds is 6. The molecule has 2 aliphatic rings. The number of unbranched alkanes of at least 4 members (excludes halogenated alkanes) is 1. The zero-order chi connectivity index (χ0) is 12.4. The number of aryl methyl sites for hydroxylation is 1. The molecule has 3 atom stereocenters. The van der Waals surface area contributed by atoms with Crippen molar-refractivity contribution in [2.24, 2.45) is 17.6 Å². The Morgan fingerprint density at radius 2 is 2.17 bits per heavy atom. The van der Waals surface area contributed by atoms with E-state index in [2.05, 4.69) is 15.5 Å². The van der Waals surface area contributed by atoms with Gasteiger partial charge in [-0.1, -0.05) is 11.5 Å². The smallest absolute Gasteiger partial charge is 0.315 e. The van der Waals surface area contributed by atoms with Gasteiger partial charge in [0, 0.05) is 12.5 Å². The molecule has 0 radical (unpaired) electrons. The van der Waals surface area contributed by atoms with Gasteiger partial charge in [0.05, 0.1) is 0 Å². The second-order valence-electron chi connectivity index (χ2n) is 5.67. The van der Waals surface area contributed by atoms with E-state index < -0.39 is 0 Å². The molecule has 3 rings (SSSR count). The van der Waals surface area contributed by atoms with Gasteiger partial charge in [-0.25, -0.2) is 0 Å². The summed E-state index contributed by atoms with van der Waals surface area (Å²) in [4.78, 5) is 0. The van der Waals surface area contributed by atoms with Gasteiger partial charge in [0.15, 0.2) is 0 Å².